The van der Waals surface area contributed by atoms with Crippen LogP contribution in [0.1, 0.15) is 51.2 Å². The van der Waals surface area contributed by atoms with E-state index in [9.17, 15) is 5.11 Å². The number of aromatic nitrogens is 1. The highest BCUT2D eigenvalue weighted by atomic mass is 32.1. The molecule has 1 N–H and O–H groups in total. The molecule has 1 unspecified atom stereocenters. The van der Waals surface area contributed by atoms with Crippen molar-refractivity contribution < 1.29 is 5.11 Å². The summed E-state index contributed by atoms with van der Waals surface area (Å²) in [6.07, 6.45) is 0. The molecule has 15 heavy (non-hydrogen) atoms. The number of hydrogen-bond acceptors (Lipinski definition) is 3. The van der Waals surface area contributed by atoms with Crippen molar-refractivity contribution in [3.63, 3.8) is 0 Å². The lowest BCUT2D eigenvalue weighted by atomic mass is 9.93. The van der Waals surface area contributed by atoms with Crippen molar-refractivity contribution in [2.24, 2.45) is 5.92 Å². The fourth-order valence-corrected chi connectivity index (χ4v) is 2.69. The number of aliphatic hydroxyl groups excluding tert-OH is 1. The van der Waals surface area contributed by atoms with Crippen LogP contribution in [0.3, 0.4) is 0 Å². The van der Waals surface area contributed by atoms with Crippen LogP contribution in [0.25, 0.3) is 0 Å². The first-order valence-electron chi connectivity index (χ1n) is 5.43. The van der Waals surface area contributed by atoms with Gasteiger partial charge >= 0.3 is 0 Å². The van der Waals surface area contributed by atoms with E-state index in [-0.39, 0.29) is 17.9 Å². The summed E-state index contributed by atoms with van der Waals surface area (Å²) >= 11 is 1.67. The van der Waals surface area contributed by atoms with Crippen LogP contribution in [-0.2, 0) is 5.41 Å². The first-order chi connectivity index (χ1) is 6.86. The zero-order valence-corrected chi connectivity index (χ0v) is 11.1. The molecular formula is C12H21NOS. The quantitative estimate of drug-likeness (QED) is 0.860. The Morgan fingerprint density at radius 3 is 2.33 bits per heavy atom. The summed E-state index contributed by atoms with van der Waals surface area (Å²) in [5.74, 6) is 0.625. The maximum atomic E-state index is 9.33. The average molecular weight is 227 g/mol. The van der Waals surface area contributed by atoms with Crippen LogP contribution in [0.15, 0.2) is 5.38 Å². The zero-order chi connectivity index (χ0) is 11.6. The molecule has 1 atom stereocenters. The normalized spacial score (nSPS) is 14.6. The van der Waals surface area contributed by atoms with Crippen LogP contribution >= 0.6 is 11.3 Å². The van der Waals surface area contributed by atoms with E-state index >= 15 is 0 Å². The minimum atomic E-state index is 0.103. The van der Waals surface area contributed by atoms with Crippen molar-refractivity contribution in [3.8, 4) is 0 Å². The van der Waals surface area contributed by atoms with E-state index < -0.39 is 0 Å². The molecule has 0 aliphatic rings. The zero-order valence-electron chi connectivity index (χ0n) is 10.2. The minimum Gasteiger partial charge on any atom is -0.396 e. The molecule has 1 heterocycles. The Morgan fingerprint density at radius 2 is 2.00 bits per heavy atom. The molecule has 86 valence electrons. The van der Waals surface area contributed by atoms with Gasteiger partial charge in [0, 0.05) is 16.7 Å². The molecule has 0 saturated carbocycles. The highest BCUT2D eigenvalue weighted by Gasteiger charge is 2.22. The number of rotatable bonds is 3. The fraction of sp³-hybridized carbons (Fsp3) is 0.750. The summed E-state index contributed by atoms with van der Waals surface area (Å²) in [4.78, 5) is 4.63. The molecular weight excluding hydrogens is 206 g/mol. The topological polar surface area (TPSA) is 33.1 Å². The van der Waals surface area contributed by atoms with Gasteiger partial charge < -0.3 is 5.11 Å². The van der Waals surface area contributed by atoms with E-state index in [1.165, 1.54) is 0 Å². The molecule has 0 aliphatic heterocycles. The molecule has 1 aromatic rings. The van der Waals surface area contributed by atoms with E-state index in [2.05, 4.69) is 45.0 Å². The van der Waals surface area contributed by atoms with Gasteiger partial charge in [0.1, 0.15) is 0 Å². The molecule has 0 saturated heterocycles. The van der Waals surface area contributed by atoms with E-state index in [4.69, 9.17) is 0 Å². The maximum absolute atomic E-state index is 9.33. The second-order valence-electron chi connectivity index (χ2n) is 5.35. The highest BCUT2D eigenvalue weighted by Crippen LogP contribution is 2.30. The molecule has 1 aromatic heterocycles. The van der Waals surface area contributed by atoms with Crippen LogP contribution < -0.4 is 0 Å². The molecule has 0 spiro atoms. The van der Waals surface area contributed by atoms with Crippen molar-refractivity contribution in [2.45, 2.75) is 46.0 Å². The minimum absolute atomic E-state index is 0.103. The summed E-state index contributed by atoms with van der Waals surface area (Å²) in [6, 6.07) is 0. The van der Waals surface area contributed by atoms with Gasteiger partial charge in [-0.3, -0.25) is 0 Å². The summed E-state index contributed by atoms with van der Waals surface area (Å²) in [7, 11) is 0. The average Bonchev–Trinajstić information content (AvgIpc) is 2.52. The van der Waals surface area contributed by atoms with Crippen LogP contribution in [-0.4, -0.2) is 16.7 Å². The van der Waals surface area contributed by atoms with Gasteiger partial charge in [0.25, 0.3) is 0 Å². The van der Waals surface area contributed by atoms with Crippen LogP contribution in [0.5, 0.6) is 0 Å². The van der Waals surface area contributed by atoms with Gasteiger partial charge in [0.05, 0.1) is 17.3 Å². The molecule has 2 nitrogen and oxygen atoms in total. The summed E-state index contributed by atoms with van der Waals surface area (Å²) in [5, 5.41) is 12.5. The van der Waals surface area contributed by atoms with Crippen molar-refractivity contribution >= 4 is 11.3 Å². The predicted molar refractivity (Wildman–Crippen MR) is 65.5 cm³/mol. The molecule has 3 heteroatoms. The lowest BCUT2D eigenvalue weighted by Gasteiger charge is -2.17. The third-order valence-corrected chi connectivity index (χ3v) is 3.59. The lowest BCUT2D eigenvalue weighted by molar-refractivity contribution is 0.237. The first kappa shape index (κ1) is 12.7. The van der Waals surface area contributed by atoms with Gasteiger partial charge in [0.15, 0.2) is 0 Å². The lowest BCUT2D eigenvalue weighted by Crippen LogP contribution is -2.14. The molecule has 0 aromatic carbocycles. The van der Waals surface area contributed by atoms with Gasteiger partial charge in [-0.15, -0.1) is 11.3 Å². The van der Waals surface area contributed by atoms with Gasteiger partial charge in [-0.2, -0.15) is 0 Å². The maximum Gasteiger partial charge on any atom is 0.0985 e. The van der Waals surface area contributed by atoms with Gasteiger partial charge in [-0.25, -0.2) is 4.98 Å². The van der Waals surface area contributed by atoms with E-state index in [0.717, 1.165) is 10.7 Å². The van der Waals surface area contributed by atoms with E-state index in [1.807, 2.05) is 0 Å². The molecule has 0 aliphatic carbocycles. The third-order valence-electron chi connectivity index (χ3n) is 2.61. The van der Waals surface area contributed by atoms with Gasteiger partial charge in [-0.1, -0.05) is 34.6 Å². The molecule has 0 fully saturated rings. The standard InChI is InChI=1S/C12H21NOS/c1-8(2)9(6-14)11-13-10(7-15-11)12(3,4)5/h7-9,14H,6H2,1-5H3. The van der Waals surface area contributed by atoms with Crippen LogP contribution in [0, 0.1) is 5.92 Å². The number of nitrogens with zero attached hydrogens (tertiary/aromatic N) is 1. The van der Waals surface area contributed by atoms with Crippen LogP contribution in [0.4, 0.5) is 0 Å². The second-order valence-corrected chi connectivity index (χ2v) is 6.24. The Labute approximate surface area is 96.4 Å². The molecule has 1 rings (SSSR count). The van der Waals surface area contributed by atoms with Crippen molar-refractivity contribution in [3.05, 3.63) is 16.1 Å². The predicted octanol–water partition coefficient (Wildman–Crippen LogP) is 3.17. The monoisotopic (exact) mass is 227 g/mol. The Hall–Kier alpha value is -0.410. The number of hydrogen-bond donors (Lipinski definition) is 1. The fourth-order valence-electron chi connectivity index (χ4n) is 1.38. The van der Waals surface area contributed by atoms with Crippen molar-refractivity contribution in [2.75, 3.05) is 6.61 Å². The van der Waals surface area contributed by atoms with E-state index in [0.29, 0.717) is 5.92 Å². The number of thiazole rings is 1. The van der Waals surface area contributed by atoms with Gasteiger partial charge in [-0.05, 0) is 5.92 Å². The Kier molecular flexibility index (Phi) is 3.90. The molecule has 0 amide bonds. The summed E-state index contributed by atoms with van der Waals surface area (Å²) in [5.41, 5.74) is 1.23. The highest BCUT2D eigenvalue weighted by molar-refractivity contribution is 7.09. The van der Waals surface area contributed by atoms with E-state index in [1.54, 1.807) is 11.3 Å². The Bertz CT molecular complexity index is 312. The number of aliphatic hydroxyl groups is 1. The Morgan fingerprint density at radius 1 is 1.40 bits per heavy atom. The summed E-state index contributed by atoms with van der Waals surface area (Å²) in [6.45, 7) is 10.9. The smallest absolute Gasteiger partial charge is 0.0985 e. The second kappa shape index (κ2) is 4.62. The Balaban J connectivity index is 2.92. The largest absolute Gasteiger partial charge is 0.396 e. The first-order valence-corrected chi connectivity index (χ1v) is 6.31. The summed E-state index contributed by atoms with van der Waals surface area (Å²) < 4.78 is 0. The van der Waals surface area contributed by atoms with Crippen molar-refractivity contribution in [1.29, 1.82) is 0 Å². The van der Waals surface area contributed by atoms with Crippen molar-refractivity contribution in [1.82, 2.24) is 4.98 Å². The van der Waals surface area contributed by atoms with Crippen LogP contribution in [0.2, 0.25) is 0 Å². The third kappa shape index (κ3) is 3.02. The van der Waals surface area contributed by atoms with Gasteiger partial charge in [0.2, 0.25) is 0 Å². The molecule has 0 bridgehead atoms. The SMILES string of the molecule is CC(C)C(CO)c1nc(C(C)(C)C)cs1. The molecule has 0 radical (unpaired) electrons.